The van der Waals surface area contributed by atoms with Crippen molar-refractivity contribution >= 4 is 34.3 Å². The van der Waals surface area contributed by atoms with Gasteiger partial charge in [-0.05, 0) is 53.9 Å². The molecule has 7 heteroatoms. The van der Waals surface area contributed by atoms with Crippen LogP contribution in [0.5, 0.6) is 5.75 Å². The molecular weight excluding hydrogens is 446 g/mol. The number of methoxy groups -OCH3 is 1. The third kappa shape index (κ3) is 4.56. The molecule has 1 saturated heterocycles. The molecule has 34 heavy (non-hydrogen) atoms. The van der Waals surface area contributed by atoms with Crippen LogP contribution >= 0.6 is 11.8 Å². The lowest BCUT2D eigenvalue weighted by Crippen LogP contribution is -2.24. The van der Waals surface area contributed by atoms with Gasteiger partial charge in [-0.2, -0.15) is 0 Å². The molecule has 3 aromatic carbocycles. The molecule has 1 aliphatic heterocycles. The molecule has 0 aliphatic carbocycles. The number of thioether (sulfide) groups is 1. The molecule has 1 aromatic heterocycles. The summed E-state index contributed by atoms with van der Waals surface area (Å²) >= 11 is 1.54. The van der Waals surface area contributed by atoms with E-state index < -0.39 is 0 Å². The zero-order valence-electron chi connectivity index (χ0n) is 18.9. The molecule has 0 saturated carbocycles. The minimum atomic E-state index is -0.0567. The summed E-state index contributed by atoms with van der Waals surface area (Å²) in [6.45, 7) is 1.19. The van der Waals surface area contributed by atoms with Crippen molar-refractivity contribution in [2.45, 2.75) is 30.3 Å². The van der Waals surface area contributed by atoms with Crippen molar-refractivity contribution in [3.8, 4) is 5.75 Å². The molecule has 0 unspecified atom stereocenters. The van der Waals surface area contributed by atoms with Gasteiger partial charge in [-0.15, -0.1) is 0 Å². The minimum absolute atomic E-state index is 0.0567. The molecule has 0 spiro atoms. The third-order valence-electron chi connectivity index (χ3n) is 5.99. The first-order valence-corrected chi connectivity index (χ1v) is 12.3. The predicted molar refractivity (Wildman–Crippen MR) is 136 cm³/mol. The quantitative estimate of drug-likeness (QED) is 0.284. The number of hydrogen-bond donors (Lipinski definition) is 0. The van der Waals surface area contributed by atoms with E-state index in [0.717, 1.165) is 35.5 Å². The maximum atomic E-state index is 13.4. The molecule has 1 aliphatic rings. The van der Waals surface area contributed by atoms with E-state index in [-0.39, 0.29) is 11.5 Å². The van der Waals surface area contributed by atoms with Crippen LogP contribution in [0.2, 0.25) is 0 Å². The fraction of sp³-hybridized carbons (Fsp3) is 0.222. The van der Waals surface area contributed by atoms with E-state index in [1.165, 1.54) is 11.8 Å². The van der Waals surface area contributed by atoms with Crippen molar-refractivity contribution in [3.05, 3.63) is 94.3 Å². The van der Waals surface area contributed by atoms with Gasteiger partial charge in [-0.25, -0.2) is 4.98 Å². The van der Waals surface area contributed by atoms with E-state index in [2.05, 4.69) is 0 Å². The van der Waals surface area contributed by atoms with Gasteiger partial charge in [0.1, 0.15) is 5.75 Å². The van der Waals surface area contributed by atoms with Crippen molar-refractivity contribution < 1.29 is 9.53 Å². The van der Waals surface area contributed by atoms with Gasteiger partial charge in [0.15, 0.2) is 5.16 Å². The summed E-state index contributed by atoms with van der Waals surface area (Å²) in [6, 6.07) is 23.3. The fourth-order valence-corrected chi connectivity index (χ4v) is 5.15. The lowest BCUT2D eigenvalue weighted by molar-refractivity contribution is -0.117. The number of nitrogens with zero attached hydrogens (tertiary/aromatic N) is 3. The van der Waals surface area contributed by atoms with Gasteiger partial charge in [-0.1, -0.05) is 48.2 Å². The number of fused-ring (bicyclic) bond motifs is 1. The average Bonchev–Trinajstić information content (AvgIpc) is 3.31. The standard InChI is InChI=1S/C27H25N3O3S/c1-33-22-7-4-6-20(16-22)17-30-26(32)23-8-2-3-9-24(23)28-27(30)34-18-19-11-13-21(14-12-19)29-15-5-10-25(29)31/h2-4,6-9,11-14,16H,5,10,15,17-18H2,1H3. The molecule has 1 fully saturated rings. The lowest BCUT2D eigenvalue weighted by Gasteiger charge is -2.16. The Kier molecular flexibility index (Phi) is 6.36. The van der Waals surface area contributed by atoms with Crippen LogP contribution in [0, 0.1) is 0 Å². The summed E-state index contributed by atoms with van der Waals surface area (Å²) in [5.41, 5.74) is 3.66. The predicted octanol–water partition coefficient (Wildman–Crippen LogP) is 4.87. The Hall–Kier alpha value is -3.58. The molecule has 0 N–H and O–H groups in total. The van der Waals surface area contributed by atoms with Crippen LogP contribution in [-0.4, -0.2) is 29.1 Å². The van der Waals surface area contributed by atoms with Gasteiger partial charge in [0.05, 0.1) is 24.6 Å². The molecule has 0 atom stereocenters. The molecule has 0 radical (unpaired) electrons. The lowest BCUT2D eigenvalue weighted by atomic mass is 10.2. The molecule has 0 bridgehead atoms. The molecule has 6 nitrogen and oxygen atoms in total. The van der Waals surface area contributed by atoms with Crippen LogP contribution in [0.3, 0.4) is 0 Å². The van der Waals surface area contributed by atoms with Crippen LogP contribution in [0.4, 0.5) is 5.69 Å². The second kappa shape index (κ2) is 9.73. The number of carbonyl (C=O) groups is 1. The van der Waals surface area contributed by atoms with Crippen molar-refractivity contribution in [3.63, 3.8) is 0 Å². The third-order valence-corrected chi connectivity index (χ3v) is 7.04. The van der Waals surface area contributed by atoms with Crippen LogP contribution in [0.1, 0.15) is 24.0 Å². The molecule has 2 heterocycles. The normalized spacial score (nSPS) is 13.6. The van der Waals surface area contributed by atoms with Crippen molar-refractivity contribution in [1.82, 2.24) is 9.55 Å². The Bertz CT molecular complexity index is 1400. The van der Waals surface area contributed by atoms with Gasteiger partial charge >= 0.3 is 0 Å². The van der Waals surface area contributed by atoms with Crippen LogP contribution in [0.25, 0.3) is 10.9 Å². The van der Waals surface area contributed by atoms with E-state index in [1.54, 1.807) is 11.7 Å². The van der Waals surface area contributed by atoms with Gasteiger partial charge in [0, 0.05) is 24.4 Å². The van der Waals surface area contributed by atoms with E-state index in [4.69, 9.17) is 9.72 Å². The zero-order valence-corrected chi connectivity index (χ0v) is 19.8. The first-order valence-electron chi connectivity index (χ1n) is 11.3. The highest BCUT2D eigenvalue weighted by molar-refractivity contribution is 7.98. The second-order valence-corrected chi connectivity index (χ2v) is 9.20. The first-order chi connectivity index (χ1) is 16.6. The Morgan fingerprint density at radius 3 is 2.56 bits per heavy atom. The van der Waals surface area contributed by atoms with E-state index in [9.17, 15) is 9.59 Å². The Morgan fingerprint density at radius 2 is 1.79 bits per heavy atom. The number of para-hydroxylation sites is 1. The Balaban J connectivity index is 1.43. The summed E-state index contributed by atoms with van der Waals surface area (Å²) in [5.74, 6) is 1.60. The minimum Gasteiger partial charge on any atom is -0.497 e. The van der Waals surface area contributed by atoms with Crippen LogP contribution in [0.15, 0.2) is 82.7 Å². The number of aromatic nitrogens is 2. The summed E-state index contributed by atoms with van der Waals surface area (Å²) in [6.07, 6.45) is 1.53. The topological polar surface area (TPSA) is 64.4 Å². The molecular formula is C27H25N3O3S. The summed E-state index contributed by atoms with van der Waals surface area (Å²) in [7, 11) is 1.63. The number of benzene rings is 3. The van der Waals surface area contributed by atoms with E-state index in [1.807, 2.05) is 77.7 Å². The maximum Gasteiger partial charge on any atom is 0.262 e. The molecule has 1 amide bonds. The van der Waals surface area contributed by atoms with Crippen LogP contribution < -0.4 is 15.2 Å². The SMILES string of the molecule is COc1cccc(Cn2c(SCc3ccc(N4CCCC4=O)cc3)nc3ccccc3c2=O)c1. The Labute approximate surface area is 202 Å². The fourth-order valence-electron chi connectivity index (χ4n) is 4.19. The highest BCUT2D eigenvalue weighted by Gasteiger charge is 2.21. The summed E-state index contributed by atoms with van der Waals surface area (Å²) in [4.78, 5) is 32.1. The number of rotatable bonds is 7. The summed E-state index contributed by atoms with van der Waals surface area (Å²) < 4.78 is 7.08. The zero-order chi connectivity index (χ0) is 23.5. The number of hydrogen-bond acceptors (Lipinski definition) is 5. The van der Waals surface area contributed by atoms with Gasteiger partial charge in [0.2, 0.25) is 5.91 Å². The highest BCUT2D eigenvalue weighted by atomic mass is 32.2. The molecule has 5 rings (SSSR count). The number of anilines is 1. The van der Waals surface area contributed by atoms with Crippen LogP contribution in [-0.2, 0) is 17.1 Å². The largest absolute Gasteiger partial charge is 0.497 e. The van der Waals surface area contributed by atoms with E-state index >= 15 is 0 Å². The monoisotopic (exact) mass is 471 g/mol. The molecule has 172 valence electrons. The van der Waals surface area contributed by atoms with Gasteiger partial charge in [-0.3, -0.25) is 14.2 Å². The number of carbonyl (C=O) groups excluding carboxylic acids is 1. The summed E-state index contributed by atoms with van der Waals surface area (Å²) in [5, 5.41) is 1.28. The van der Waals surface area contributed by atoms with Crippen molar-refractivity contribution in [2.24, 2.45) is 0 Å². The second-order valence-electron chi connectivity index (χ2n) is 8.26. The van der Waals surface area contributed by atoms with E-state index in [0.29, 0.717) is 34.8 Å². The van der Waals surface area contributed by atoms with Gasteiger partial charge < -0.3 is 9.64 Å². The highest BCUT2D eigenvalue weighted by Crippen LogP contribution is 2.26. The smallest absolute Gasteiger partial charge is 0.262 e. The number of ether oxygens (including phenoxy) is 1. The molecule has 4 aromatic rings. The average molecular weight is 472 g/mol. The van der Waals surface area contributed by atoms with Gasteiger partial charge in [0.25, 0.3) is 5.56 Å². The van der Waals surface area contributed by atoms with Crippen molar-refractivity contribution in [1.29, 1.82) is 0 Å². The maximum absolute atomic E-state index is 13.4. The number of amides is 1. The van der Waals surface area contributed by atoms with Crippen molar-refractivity contribution in [2.75, 3.05) is 18.6 Å². The Morgan fingerprint density at radius 1 is 0.971 bits per heavy atom. The first kappa shape index (κ1) is 22.2.